The van der Waals surface area contributed by atoms with Gasteiger partial charge in [-0.05, 0) is 18.5 Å². The highest BCUT2D eigenvalue weighted by atomic mass is 15.3. The summed E-state index contributed by atoms with van der Waals surface area (Å²) in [6, 6.07) is 10.5. The molecule has 0 aromatic heterocycles. The fourth-order valence-electron chi connectivity index (χ4n) is 1.88. The van der Waals surface area contributed by atoms with E-state index < -0.39 is 0 Å². The van der Waals surface area contributed by atoms with Crippen molar-refractivity contribution >= 4 is 0 Å². The number of nitrogens with zero attached hydrogens (tertiary/aromatic N) is 2. The van der Waals surface area contributed by atoms with Gasteiger partial charge in [0.15, 0.2) is 0 Å². The topological polar surface area (TPSA) is 32.5 Å². The van der Waals surface area contributed by atoms with Crippen LogP contribution in [0.15, 0.2) is 42.7 Å². The zero-order valence-electron chi connectivity index (χ0n) is 9.55. The van der Waals surface area contributed by atoms with E-state index in [-0.39, 0.29) is 0 Å². The van der Waals surface area contributed by atoms with E-state index >= 15 is 0 Å². The van der Waals surface area contributed by atoms with E-state index in [1.807, 2.05) is 0 Å². The molecule has 0 saturated heterocycles. The van der Waals surface area contributed by atoms with Crippen LogP contribution in [0.1, 0.15) is 12.0 Å². The lowest BCUT2D eigenvalue weighted by atomic mass is 10.2. The van der Waals surface area contributed by atoms with Crippen LogP contribution in [-0.4, -0.2) is 29.6 Å². The molecule has 1 heterocycles. The second-order valence-corrected chi connectivity index (χ2v) is 4.13. The minimum atomic E-state index is 0.767. The van der Waals surface area contributed by atoms with Gasteiger partial charge in [-0.1, -0.05) is 30.3 Å². The highest BCUT2D eigenvalue weighted by Gasteiger charge is 2.11. The van der Waals surface area contributed by atoms with Crippen LogP contribution in [0.4, 0.5) is 0 Å². The summed E-state index contributed by atoms with van der Waals surface area (Å²) in [6.07, 6.45) is 5.37. The number of benzene rings is 1. The molecular weight excluding hydrogens is 198 g/mol. The van der Waals surface area contributed by atoms with Crippen LogP contribution in [0.2, 0.25) is 0 Å². The van der Waals surface area contributed by atoms with Gasteiger partial charge in [0.2, 0.25) is 0 Å². The Morgan fingerprint density at radius 3 is 2.56 bits per heavy atom. The Morgan fingerprint density at radius 1 is 1.06 bits per heavy atom. The Kier molecular flexibility index (Phi) is 3.83. The normalized spacial score (nSPS) is 14.8. The molecule has 16 heavy (non-hydrogen) atoms. The summed E-state index contributed by atoms with van der Waals surface area (Å²) < 4.78 is 0. The molecule has 0 bridgehead atoms. The predicted octanol–water partition coefficient (Wildman–Crippen LogP) is 1.58. The molecule has 0 spiro atoms. The first-order valence-electron chi connectivity index (χ1n) is 5.79. The third-order valence-electron chi connectivity index (χ3n) is 2.73. The average Bonchev–Trinajstić information content (AvgIpc) is 2.75. The van der Waals surface area contributed by atoms with Gasteiger partial charge < -0.3 is 15.5 Å². The number of rotatable bonds is 5. The van der Waals surface area contributed by atoms with Gasteiger partial charge in [0.25, 0.3) is 0 Å². The quantitative estimate of drug-likeness (QED) is 0.813. The van der Waals surface area contributed by atoms with Crippen molar-refractivity contribution in [3.63, 3.8) is 0 Å². The van der Waals surface area contributed by atoms with Crippen molar-refractivity contribution in [2.75, 3.05) is 19.8 Å². The van der Waals surface area contributed by atoms with E-state index in [4.69, 9.17) is 5.73 Å². The minimum Gasteiger partial charge on any atom is -0.359 e. The zero-order valence-corrected chi connectivity index (χ0v) is 9.55. The average molecular weight is 217 g/mol. The Balaban J connectivity index is 1.80. The molecule has 1 aromatic rings. The van der Waals surface area contributed by atoms with Crippen molar-refractivity contribution in [1.29, 1.82) is 0 Å². The number of hydrogen-bond acceptors (Lipinski definition) is 3. The maximum Gasteiger partial charge on any atom is 0.0897 e. The molecule has 0 fully saturated rings. The largest absolute Gasteiger partial charge is 0.359 e. The lowest BCUT2D eigenvalue weighted by Gasteiger charge is -2.21. The maximum absolute atomic E-state index is 5.50. The molecular formula is C13H19N3. The summed E-state index contributed by atoms with van der Waals surface area (Å²) in [5.74, 6) is 0. The SMILES string of the molecule is NCCCN1C=CN(Cc2ccccc2)C1. The first kappa shape index (κ1) is 11.0. The lowest BCUT2D eigenvalue weighted by Crippen LogP contribution is -2.26. The monoisotopic (exact) mass is 217 g/mol. The van der Waals surface area contributed by atoms with Gasteiger partial charge in [-0.3, -0.25) is 0 Å². The zero-order chi connectivity index (χ0) is 11.2. The summed E-state index contributed by atoms with van der Waals surface area (Å²) in [4.78, 5) is 4.61. The van der Waals surface area contributed by atoms with Crippen LogP contribution in [0.25, 0.3) is 0 Å². The molecule has 0 radical (unpaired) electrons. The molecule has 1 aromatic carbocycles. The van der Waals surface area contributed by atoms with Gasteiger partial charge in [0.1, 0.15) is 0 Å². The molecule has 86 valence electrons. The molecule has 1 aliphatic rings. The van der Waals surface area contributed by atoms with E-state index in [1.165, 1.54) is 5.56 Å². The first-order valence-corrected chi connectivity index (χ1v) is 5.79. The summed E-state index contributed by atoms with van der Waals surface area (Å²) in [6.45, 7) is 3.78. The van der Waals surface area contributed by atoms with Gasteiger partial charge >= 0.3 is 0 Å². The van der Waals surface area contributed by atoms with Crippen molar-refractivity contribution in [3.8, 4) is 0 Å². The van der Waals surface area contributed by atoms with Crippen molar-refractivity contribution in [3.05, 3.63) is 48.3 Å². The van der Waals surface area contributed by atoms with E-state index in [2.05, 4.69) is 52.5 Å². The second kappa shape index (κ2) is 5.56. The van der Waals surface area contributed by atoms with Crippen LogP contribution in [-0.2, 0) is 6.54 Å². The first-order chi connectivity index (χ1) is 7.88. The highest BCUT2D eigenvalue weighted by molar-refractivity contribution is 5.15. The molecule has 0 atom stereocenters. The summed E-state index contributed by atoms with van der Waals surface area (Å²) in [7, 11) is 0. The molecule has 3 heteroatoms. The molecule has 0 aliphatic carbocycles. The van der Waals surface area contributed by atoms with Gasteiger partial charge in [-0.2, -0.15) is 0 Å². The second-order valence-electron chi connectivity index (χ2n) is 4.13. The van der Waals surface area contributed by atoms with Crippen LogP contribution in [0.3, 0.4) is 0 Å². The maximum atomic E-state index is 5.50. The lowest BCUT2D eigenvalue weighted by molar-refractivity contribution is 0.259. The van der Waals surface area contributed by atoms with Crippen molar-refractivity contribution in [2.45, 2.75) is 13.0 Å². The van der Waals surface area contributed by atoms with E-state index in [0.29, 0.717) is 0 Å². The molecule has 1 aliphatic heterocycles. The highest BCUT2D eigenvalue weighted by Crippen LogP contribution is 2.11. The summed E-state index contributed by atoms with van der Waals surface area (Å²) in [5, 5.41) is 0. The molecule has 2 N–H and O–H groups in total. The number of hydrogen-bond donors (Lipinski definition) is 1. The third-order valence-corrected chi connectivity index (χ3v) is 2.73. The van der Waals surface area contributed by atoms with Crippen molar-refractivity contribution in [1.82, 2.24) is 9.80 Å². The fraction of sp³-hybridized carbons (Fsp3) is 0.385. The Labute approximate surface area is 97.2 Å². The van der Waals surface area contributed by atoms with Gasteiger partial charge in [-0.25, -0.2) is 0 Å². The molecule has 3 nitrogen and oxygen atoms in total. The van der Waals surface area contributed by atoms with Gasteiger partial charge in [-0.15, -0.1) is 0 Å². The van der Waals surface area contributed by atoms with Crippen LogP contribution in [0.5, 0.6) is 0 Å². The molecule has 0 amide bonds. The number of nitrogens with two attached hydrogens (primary N) is 1. The van der Waals surface area contributed by atoms with Crippen LogP contribution < -0.4 is 5.73 Å². The third kappa shape index (κ3) is 3.00. The summed E-state index contributed by atoms with van der Waals surface area (Å²) >= 11 is 0. The van der Waals surface area contributed by atoms with Crippen molar-refractivity contribution in [2.24, 2.45) is 5.73 Å². The van der Waals surface area contributed by atoms with E-state index in [9.17, 15) is 0 Å². The predicted molar refractivity (Wildman–Crippen MR) is 66.4 cm³/mol. The van der Waals surface area contributed by atoms with Crippen LogP contribution >= 0.6 is 0 Å². The van der Waals surface area contributed by atoms with Crippen LogP contribution in [0, 0.1) is 0 Å². The molecule has 2 rings (SSSR count). The minimum absolute atomic E-state index is 0.767. The summed E-state index contributed by atoms with van der Waals surface area (Å²) in [5.41, 5.74) is 6.85. The standard InChI is InChI=1S/C13H19N3/c14-7-4-8-15-9-10-16(12-15)11-13-5-2-1-3-6-13/h1-3,5-6,9-10H,4,7-8,11-12,14H2. The van der Waals surface area contributed by atoms with E-state index in [1.54, 1.807) is 0 Å². The smallest absolute Gasteiger partial charge is 0.0897 e. The Bertz CT molecular complexity index is 334. The fourth-order valence-corrected chi connectivity index (χ4v) is 1.88. The van der Waals surface area contributed by atoms with E-state index in [0.717, 1.165) is 32.7 Å². The Morgan fingerprint density at radius 2 is 1.81 bits per heavy atom. The Hall–Kier alpha value is -1.48. The van der Waals surface area contributed by atoms with Crippen molar-refractivity contribution < 1.29 is 0 Å². The molecule has 0 unspecified atom stereocenters. The van der Waals surface area contributed by atoms with Gasteiger partial charge in [0, 0.05) is 25.5 Å². The molecule has 0 saturated carbocycles. The van der Waals surface area contributed by atoms with Gasteiger partial charge in [0.05, 0.1) is 6.67 Å².